The van der Waals surface area contributed by atoms with Crippen molar-refractivity contribution in [2.75, 3.05) is 33.2 Å². The van der Waals surface area contributed by atoms with E-state index in [9.17, 15) is 4.79 Å². The Morgan fingerprint density at radius 3 is 2.80 bits per heavy atom. The van der Waals surface area contributed by atoms with Crippen molar-refractivity contribution in [1.82, 2.24) is 24.5 Å². The van der Waals surface area contributed by atoms with Crippen molar-refractivity contribution in [3.05, 3.63) is 22.1 Å². The quantitative estimate of drug-likeness (QED) is 0.671. The lowest BCUT2D eigenvalue weighted by molar-refractivity contribution is -0.883. The van der Waals surface area contributed by atoms with Gasteiger partial charge in [0.2, 0.25) is 5.82 Å². The van der Waals surface area contributed by atoms with E-state index >= 15 is 0 Å². The molecule has 7 nitrogen and oxygen atoms in total. The van der Waals surface area contributed by atoms with Crippen LogP contribution in [-0.4, -0.2) is 63.6 Å². The Morgan fingerprint density at radius 1 is 1.20 bits per heavy atom. The summed E-state index contributed by atoms with van der Waals surface area (Å²) in [6.45, 7) is 5.41. The monoisotopic (exact) mass is 357 g/mol. The summed E-state index contributed by atoms with van der Waals surface area (Å²) >= 11 is 1.77. The fraction of sp³-hybridized carbons (Fsp3) is 0.529. The Labute approximate surface area is 149 Å². The Morgan fingerprint density at radius 2 is 2.00 bits per heavy atom. The van der Waals surface area contributed by atoms with Gasteiger partial charge in [-0.05, 0) is 31.7 Å². The minimum absolute atomic E-state index is 0.0596. The minimum atomic E-state index is -0.0596. The molecular weight excluding hydrogens is 336 g/mol. The molecule has 130 valence electrons. The Balaban J connectivity index is 1.62. The van der Waals surface area contributed by atoms with Crippen LogP contribution in [-0.2, 0) is 12.8 Å². The van der Waals surface area contributed by atoms with E-state index in [4.69, 9.17) is 4.98 Å². The number of carbonyl (C=O) groups is 1. The molecule has 0 aromatic carbocycles. The van der Waals surface area contributed by atoms with Gasteiger partial charge in [-0.15, -0.1) is 16.4 Å². The summed E-state index contributed by atoms with van der Waals surface area (Å²) in [6, 6.07) is 0. The van der Waals surface area contributed by atoms with Crippen LogP contribution < -0.4 is 4.90 Å². The Hall–Kier alpha value is -2.06. The molecule has 0 bridgehead atoms. The molecule has 1 amide bonds. The van der Waals surface area contributed by atoms with Crippen molar-refractivity contribution in [2.24, 2.45) is 0 Å². The number of thiophene rings is 1. The summed E-state index contributed by atoms with van der Waals surface area (Å²) in [5.74, 6) is 1.03. The average molecular weight is 357 g/mol. The highest BCUT2D eigenvalue weighted by Crippen LogP contribution is 2.38. The molecule has 0 saturated carbocycles. The van der Waals surface area contributed by atoms with Crippen molar-refractivity contribution in [1.29, 1.82) is 0 Å². The van der Waals surface area contributed by atoms with Crippen LogP contribution in [0.5, 0.6) is 0 Å². The molecule has 1 fully saturated rings. The second-order valence-corrected chi connectivity index (χ2v) is 8.20. The summed E-state index contributed by atoms with van der Waals surface area (Å²) in [6.07, 6.45) is 3.40. The first-order valence-electron chi connectivity index (χ1n) is 8.90. The van der Waals surface area contributed by atoms with Crippen molar-refractivity contribution >= 4 is 33.1 Å². The molecule has 1 saturated heterocycles. The molecule has 3 aromatic rings. The second-order valence-electron chi connectivity index (χ2n) is 7.12. The van der Waals surface area contributed by atoms with E-state index in [2.05, 4.69) is 17.1 Å². The number of aryl methyl sites for hydroxylation is 3. The van der Waals surface area contributed by atoms with Gasteiger partial charge in [0, 0.05) is 4.88 Å². The first-order chi connectivity index (χ1) is 12.1. The first kappa shape index (κ1) is 15.2. The highest BCUT2D eigenvalue weighted by molar-refractivity contribution is 7.19. The molecule has 1 aliphatic heterocycles. The largest absolute Gasteiger partial charge is 0.334 e. The molecule has 3 aromatic heterocycles. The molecule has 0 unspecified atom stereocenters. The maximum atomic E-state index is 12.9. The normalized spacial score (nSPS) is 18.4. The number of carbonyl (C=O) groups excluding carboxylic acids is 1. The van der Waals surface area contributed by atoms with E-state index in [1.165, 1.54) is 21.8 Å². The molecule has 4 heterocycles. The van der Waals surface area contributed by atoms with Gasteiger partial charge in [-0.3, -0.25) is 4.79 Å². The standard InChI is InChI=1S/C17H20N6OS/c1-10-18-16-13(11-4-3-5-12(11)25-16)15-19-14(20-23(10)15)17(24)22-8-6-21(2)7-9-22/h3-9H2,1-2H3/p+1. The number of quaternary nitrogens is 1. The van der Waals surface area contributed by atoms with Crippen molar-refractivity contribution in [3.63, 3.8) is 0 Å². The number of amides is 1. The van der Waals surface area contributed by atoms with Gasteiger partial charge < -0.3 is 9.80 Å². The molecule has 1 aliphatic carbocycles. The molecule has 0 radical (unpaired) electrons. The number of fused-ring (bicyclic) bond motifs is 5. The van der Waals surface area contributed by atoms with Crippen LogP contribution >= 0.6 is 11.3 Å². The van der Waals surface area contributed by atoms with Crippen LogP contribution in [0.3, 0.4) is 0 Å². The van der Waals surface area contributed by atoms with E-state index in [0.717, 1.165) is 60.7 Å². The fourth-order valence-electron chi connectivity index (χ4n) is 3.92. The topological polar surface area (TPSA) is 67.8 Å². The molecule has 5 rings (SSSR count). The van der Waals surface area contributed by atoms with Crippen molar-refractivity contribution in [3.8, 4) is 0 Å². The van der Waals surface area contributed by atoms with Gasteiger partial charge >= 0.3 is 0 Å². The van der Waals surface area contributed by atoms with Crippen LogP contribution in [0.25, 0.3) is 15.9 Å². The van der Waals surface area contributed by atoms with E-state index in [0.29, 0.717) is 5.82 Å². The number of aromatic nitrogens is 4. The SMILES string of the molecule is Cc1nc2sc3c(c2c2nc(C(=O)N4CC[NH+](C)CC4)nn12)CCC3. The Bertz CT molecular complexity index is 998. The number of rotatable bonds is 1. The summed E-state index contributed by atoms with van der Waals surface area (Å²) < 4.78 is 1.75. The van der Waals surface area contributed by atoms with Crippen LogP contribution in [0.15, 0.2) is 0 Å². The first-order valence-corrected chi connectivity index (χ1v) is 9.71. The molecular formula is C17H21N6OS+. The number of piperazine rings is 1. The number of hydrogen-bond acceptors (Lipinski definition) is 5. The van der Waals surface area contributed by atoms with Gasteiger partial charge in [-0.2, -0.15) is 4.52 Å². The van der Waals surface area contributed by atoms with Crippen molar-refractivity contribution in [2.45, 2.75) is 26.2 Å². The predicted molar refractivity (Wildman–Crippen MR) is 95.5 cm³/mol. The maximum absolute atomic E-state index is 12.9. The molecule has 1 N–H and O–H groups in total. The van der Waals surface area contributed by atoms with Gasteiger partial charge in [0.15, 0.2) is 5.65 Å². The summed E-state index contributed by atoms with van der Waals surface area (Å²) in [5, 5.41) is 5.62. The zero-order valence-electron chi connectivity index (χ0n) is 14.5. The average Bonchev–Trinajstić information content (AvgIpc) is 3.28. The lowest BCUT2D eigenvalue weighted by atomic mass is 10.2. The van der Waals surface area contributed by atoms with E-state index in [1.807, 2.05) is 11.8 Å². The smallest absolute Gasteiger partial charge is 0.293 e. The fourth-order valence-corrected chi connectivity index (χ4v) is 5.22. The van der Waals surface area contributed by atoms with Crippen LogP contribution in [0.4, 0.5) is 0 Å². The van der Waals surface area contributed by atoms with Crippen LogP contribution in [0.2, 0.25) is 0 Å². The van der Waals surface area contributed by atoms with Gasteiger partial charge in [0.25, 0.3) is 5.91 Å². The highest BCUT2D eigenvalue weighted by Gasteiger charge is 2.28. The van der Waals surface area contributed by atoms with Gasteiger partial charge in [-0.1, -0.05) is 0 Å². The van der Waals surface area contributed by atoms with Crippen molar-refractivity contribution < 1.29 is 9.69 Å². The predicted octanol–water partition coefficient (Wildman–Crippen LogP) is 0.107. The summed E-state index contributed by atoms with van der Waals surface area (Å²) in [5.41, 5.74) is 2.16. The van der Waals surface area contributed by atoms with Crippen LogP contribution in [0, 0.1) is 6.92 Å². The van der Waals surface area contributed by atoms with E-state index < -0.39 is 0 Å². The molecule has 0 atom stereocenters. The summed E-state index contributed by atoms with van der Waals surface area (Å²) in [7, 11) is 2.16. The maximum Gasteiger partial charge on any atom is 0.293 e. The minimum Gasteiger partial charge on any atom is -0.334 e. The van der Waals surface area contributed by atoms with Gasteiger partial charge in [0.05, 0.1) is 38.6 Å². The number of hydrogen-bond donors (Lipinski definition) is 1. The zero-order chi connectivity index (χ0) is 17.1. The lowest BCUT2D eigenvalue weighted by Crippen LogP contribution is -3.12. The Kier molecular flexibility index (Phi) is 3.33. The third-order valence-electron chi connectivity index (χ3n) is 5.40. The number of likely N-dealkylation sites (N-methyl/N-ethyl adjacent to an activating group) is 1. The second kappa shape index (κ2) is 5.47. The van der Waals surface area contributed by atoms with Gasteiger partial charge in [-0.25, -0.2) is 9.97 Å². The zero-order valence-corrected chi connectivity index (χ0v) is 15.3. The van der Waals surface area contributed by atoms with E-state index in [-0.39, 0.29) is 5.91 Å². The van der Waals surface area contributed by atoms with E-state index in [1.54, 1.807) is 15.9 Å². The highest BCUT2D eigenvalue weighted by atomic mass is 32.1. The molecule has 0 spiro atoms. The number of nitrogens with zero attached hydrogens (tertiary/aromatic N) is 5. The third-order valence-corrected chi connectivity index (χ3v) is 6.58. The summed E-state index contributed by atoms with van der Waals surface area (Å²) in [4.78, 5) is 28.0. The van der Waals surface area contributed by atoms with Gasteiger partial charge in [0.1, 0.15) is 10.7 Å². The molecule has 25 heavy (non-hydrogen) atoms. The third kappa shape index (κ3) is 2.27. The van der Waals surface area contributed by atoms with Crippen LogP contribution in [0.1, 0.15) is 33.3 Å². The molecule has 2 aliphatic rings. The lowest BCUT2D eigenvalue weighted by Gasteiger charge is -2.29. The molecule has 8 heteroatoms. The number of nitrogens with one attached hydrogen (secondary N) is 1.